The second-order valence-corrected chi connectivity index (χ2v) is 5.16. The van der Waals surface area contributed by atoms with Gasteiger partial charge in [-0.1, -0.05) is 30.6 Å². The molecular formula is C16H22N4O2. The number of carbonyl (C=O) groups is 1. The molecule has 0 aliphatic rings. The lowest BCUT2D eigenvalue weighted by molar-refractivity contribution is -0.116. The smallest absolute Gasteiger partial charge is 0.226 e. The van der Waals surface area contributed by atoms with Crippen molar-refractivity contribution in [2.45, 2.75) is 39.7 Å². The van der Waals surface area contributed by atoms with Gasteiger partial charge in [0.25, 0.3) is 0 Å². The van der Waals surface area contributed by atoms with E-state index in [1.165, 1.54) is 6.92 Å². The van der Waals surface area contributed by atoms with Crippen LogP contribution in [0.1, 0.15) is 38.4 Å². The van der Waals surface area contributed by atoms with Gasteiger partial charge in [0.15, 0.2) is 5.82 Å². The minimum Gasteiger partial charge on any atom is -0.376 e. The topological polar surface area (TPSA) is 71.3 Å². The van der Waals surface area contributed by atoms with Crippen LogP contribution >= 0.6 is 0 Å². The number of benzene rings is 1. The Labute approximate surface area is 130 Å². The Morgan fingerprint density at radius 3 is 2.86 bits per heavy atom. The Bertz CT molecular complexity index is 624. The van der Waals surface area contributed by atoms with Gasteiger partial charge in [-0.05, 0) is 18.6 Å². The molecule has 0 spiro atoms. The summed E-state index contributed by atoms with van der Waals surface area (Å²) in [6.45, 7) is 4.12. The van der Waals surface area contributed by atoms with Gasteiger partial charge in [0, 0.05) is 20.4 Å². The highest BCUT2D eigenvalue weighted by Crippen LogP contribution is 2.25. The Morgan fingerprint density at radius 1 is 1.36 bits per heavy atom. The molecule has 2 aromatic rings. The molecule has 1 amide bonds. The Hall–Kier alpha value is -2.37. The second-order valence-electron chi connectivity index (χ2n) is 5.16. The van der Waals surface area contributed by atoms with Gasteiger partial charge < -0.3 is 14.7 Å². The quantitative estimate of drug-likeness (QED) is 0.851. The number of carbonyl (C=O) groups excluding carboxylic acids is 1. The zero-order valence-electron chi connectivity index (χ0n) is 13.3. The minimum absolute atomic E-state index is 0.0179. The lowest BCUT2D eigenvalue weighted by Crippen LogP contribution is -2.23. The van der Waals surface area contributed by atoms with Gasteiger partial charge in [0.05, 0.1) is 17.9 Å². The first kappa shape index (κ1) is 16.0. The molecule has 0 saturated carbocycles. The fourth-order valence-electron chi connectivity index (χ4n) is 2.05. The number of unbranched alkanes of at least 4 members (excludes halogenated alkanes) is 1. The van der Waals surface area contributed by atoms with E-state index >= 15 is 0 Å². The predicted molar refractivity (Wildman–Crippen MR) is 85.8 cm³/mol. The highest BCUT2D eigenvalue weighted by atomic mass is 16.5. The largest absolute Gasteiger partial charge is 0.376 e. The van der Waals surface area contributed by atoms with Crippen LogP contribution in [-0.4, -0.2) is 23.1 Å². The third kappa shape index (κ3) is 4.07. The third-order valence-electron chi connectivity index (χ3n) is 3.43. The van der Waals surface area contributed by atoms with Crippen molar-refractivity contribution in [3.05, 3.63) is 36.0 Å². The molecule has 0 unspecified atom stereocenters. The van der Waals surface area contributed by atoms with Crippen LogP contribution in [0, 0.1) is 0 Å². The molecule has 2 rings (SSSR count). The number of nitrogens with zero attached hydrogens (tertiary/aromatic N) is 3. The summed E-state index contributed by atoms with van der Waals surface area (Å²) in [5, 5.41) is 7.22. The van der Waals surface area contributed by atoms with E-state index in [0.717, 1.165) is 30.6 Å². The van der Waals surface area contributed by atoms with Crippen molar-refractivity contribution < 1.29 is 9.32 Å². The monoisotopic (exact) mass is 302 g/mol. The number of para-hydroxylation sites is 2. The van der Waals surface area contributed by atoms with E-state index in [1.807, 2.05) is 24.3 Å². The molecule has 1 aromatic heterocycles. The Morgan fingerprint density at radius 2 is 2.14 bits per heavy atom. The van der Waals surface area contributed by atoms with Crippen LogP contribution in [0.5, 0.6) is 0 Å². The van der Waals surface area contributed by atoms with E-state index in [1.54, 1.807) is 11.9 Å². The summed E-state index contributed by atoms with van der Waals surface area (Å²) in [6.07, 6.45) is 2.95. The molecule has 22 heavy (non-hydrogen) atoms. The van der Waals surface area contributed by atoms with E-state index in [2.05, 4.69) is 22.4 Å². The summed E-state index contributed by atoms with van der Waals surface area (Å²) in [6, 6.07) is 7.64. The molecule has 6 nitrogen and oxygen atoms in total. The summed E-state index contributed by atoms with van der Waals surface area (Å²) >= 11 is 0. The molecule has 0 radical (unpaired) electrons. The summed E-state index contributed by atoms with van der Waals surface area (Å²) in [5.74, 6) is 1.27. The van der Waals surface area contributed by atoms with Crippen molar-refractivity contribution in [3.8, 4) is 0 Å². The van der Waals surface area contributed by atoms with Crippen LogP contribution in [0.4, 0.5) is 11.4 Å². The second kappa shape index (κ2) is 7.59. The molecule has 118 valence electrons. The molecule has 0 atom stereocenters. The van der Waals surface area contributed by atoms with Gasteiger partial charge in [-0.3, -0.25) is 4.79 Å². The standard InChI is InChI=1S/C16H22N4O2/c1-4-5-10-16-18-15(19-22-16)11-17-13-8-6-7-9-14(13)20(3)12(2)21/h6-9,17H,4-5,10-11H2,1-3H3. The number of aromatic nitrogens is 2. The number of amides is 1. The number of anilines is 2. The normalized spacial score (nSPS) is 10.5. The van der Waals surface area contributed by atoms with Crippen molar-refractivity contribution in [1.82, 2.24) is 10.1 Å². The van der Waals surface area contributed by atoms with E-state index in [-0.39, 0.29) is 5.91 Å². The summed E-state index contributed by atoms with van der Waals surface area (Å²) in [7, 11) is 1.75. The van der Waals surface area contributed by atoms with Crippen LogP contribution in [0.15, 0.2) is 28.8 Å². The highest BCUT2D eigenvalue weighted by molar-refractivity contribution is 5.94. The molecule has 1 heterocycles. The van der Waals surface area contributed by atoms with Crippen LogP contribution in [-0.2, 0) is 17.8 Å². The third-order valence-corrected chi connectivity index (χ3v) is 3.43. The molecule has 1 N–H and O–H groups in total. The first-order chi connectivity index (χ1) is 10.6. The summed E-state index contributed by atoms with van der Waals surface area (Å²) in [5.41, 5.74) is 1.69. The Balaban J connectivity index is 2.02. The molecule has 0 aliphatic heterocycles. The van der Waals surface area contributed by atoms with Crippen molar-refractivity contribution in [2.75, 3.05) is 17.3 Å². The van der Waals surface area contributed by atoms with Crippen LogP contribution in [0.25, 0.3) is 0 Å². The maximum absolute atomic E-state index is 11.5. The number of aryl methyl sites for hydroxylation is 1. The molecule has 0 saturated heterocycles. The van der Waals surface area contributed by atoms with E-state index in [9.17, 15) is 4.79 Å². The average molecular weight is 302 g/mol. The predicted octanol–water partition coefficient (Wildman–Crippen LogP) is 3.01. The van der Waals surface area contributed by atoms with Crippen molar-refractivity contribution in [1.29, 1.82) is 0 Å². The van der Waals surface area contributed by atoms with E-state index in [0.29, 0.717) is 18.3 Å². The SMILES string of the molecule is CCCCc1nc(CNc2ccccc2N(C)C(C)=O)no1. The zero-order chi connectivity index (χ0) is 15.9. The summed E-state index contributed by atoms with van der Waals surface area (Å²) < 4.78 is 5.21. The lowest BCUT2D eigenvalue weighted by atomic mass is 10.2. The zero-order valence-corrected chi connectivity index (χ0v) is 13.3. The maximum atomic E-state index is 11.5. The molecule has 0 aliphatic carbocycles. The lowest BCUT2D eigenvalue weighted by Gasteiger charge is -2.19. The molecule has 6 heteroatoms. The minimum atomic E-state index is -0.0179. The first-order valence-corrected chi connectivity index (χ1v) is 7.50. The fraction of sp³-hybridized carbons (Fsp3) is 0.438. The number of nitrogens with one attached hydrogen (secondary N) is 1. The van der Waals surface area contributed by atoms with Crippen molar-refractivity contribution in [3.63, 3.8) is 0 Å². The fourth-order valence-corrected chi connectivity index (χ4v) is 2.05. The summed E-state index contributed by atoms with van der Waals surface area (Å²) in [4.78, 5) is 17.5. The van der Waals surface area contributed by atoms with Crippen molar-refractivity contribution in [2.24, 2.45) is 0 Å². The van der Waals surface area contributed by atoms with Crippen LogP contribution < -0.4 is 10.2 Å². The molecule has 1 aromatic carbocycles. The van der Waals surface area contributed by atoms with Crippen LogP contribution in [0.3, 0.4) is 0 Å². The number of rotatable bonds is 7. The van der Waals surface area contributed by atoms with Gasteiger partial charge in [-0.2, -0.15) is 4.98 Å². The van der Waals surface area contributed by atoms with Gasteiger partial charge in [0.1, 0.15) is 0 Å². The maximum Gasteiger partial charge on any atom is 0.226 e. The Kier molecular flexibility index (Phi) is 5.52. The molecule has 0 fully saturated rings. The van der Waals surface area contributed by atoms with Crippen LogP contribution in [0.2, 0.25) is 0 Å². The highest BCUT2D eigenvalue weighted by Gasteiger charge is 2.11. The molecule has 0 bridgehead atoms. The van der Waals surface area contributed by atoms with E-state index in [4.69, 9.17) is 4.52 Å². The van der Waals surface area contributed by atoms with Gasteiger partial charge in [-0.25, -0.2) is 0 Å². The van der Waals surface area contributed by atoms with Gasteiger partial charge in [0.2, 0.25) is 11.8 Å². The van der Waals surface area contributed by atoms with Gasteiger partial charge in [-0.15, -0.1) is 0 Å². The van der Waals surface area contributed by atoms with E-state index < -0.39 is 0 Å². The van der Waals surface area contributed by atoms with Gasteiger partial charge >= 0.3 is 0 Å². The molecular weight excluding hydrogens is 280 g/mol. The first-order valence-electron chi connectivity index (χ1n) is 7.50. The number of hydrogen-bond donors (Lipinski definition) is 1. The van der Waals surface area contributed by atoms with Crippen molar-refractivity contribution >= 4 is 17.3 Å². The number of hydrogen-bond acceptors (Lipinski definition) is 5. The average Bonchev–Trinajstić information content (AvgIpc) is 2.98.